The summed E-state index contributed by atoms with van der Waals surface area (Å²) in [6, 6.07) is 13.9. The molecule has 0 atom stereocenters. The third-order valence-electron chi connectivity index (χ3n) is 6.84. The minimum Gasteiger partial charge on any atom is -0.361 e. The van der Waals surface area contributed by atoms with Crippen molar-refractivity contribution in [1.82, 2.24) is 29.5 Å². The Morgan fingerprint density at radius 2 is 1.91 bits per heavy atom. The summed E-state index contributed by atoms with van der Waals surface area (Å²) in [4.78, 5) is 20.5. The van der Waals surface area contributed by atoms with Crippen LogP contribution in [0.4, 0.5) is 0 Å². The van der Waals surface area contributed by atoms with E-state index >= 15 is 0 Å². The van der Waals surface area contributed by atoms with Crippen LogP contribution < -0.4 is 0 Å². The van der Waals surface area contributed by atoms with E-state index in [0.717, 1.165) is 64.8 Å². The number of hydrogen-bond donors (Lipinski definition) is 1. The molecular formula is C25H25ClN6O. The van der Waals surface area contributed by atoms with Crippen molar-refractivity contribution in [3.05, 3.63) is 76.5 Å². The molecule has 1 N–H and O–H groups in total. The van der Waals surface area contributed by atoms with Gasteiger partial charge in [0.1, 0.15) is 5.82 Å². The highest BCUT2D eigenvalue weighted by Crippen LogP contribution is 2.33. The molecule has 6 rings (SSSR count). The van der Waals surface area contributed by atoms with Crippen LogP contribution in [0.3, 0.4) is 0 Å². The standard InChI is InChI=1S/C25H25ClN6O/c1-30-14-19-12-20(26)4-5-22(19)32-23(15-30)28-29-24(32)17-7-10-31(11-8-17)25(33)18-3-2-16-6-9-27-21(16)13-18/h2-6,9,12-13,17,27H,7-8,10-11,14-15H2,1H3. The van der Waals surface area contributed by atoms with Crippen LogP contribution in [0, 0.1) is 0 Å². The molecule has 0 unspecified atom stereocenters. The zero-order chi connectivity index (χ0) is 22.5. The molecule has 0 saturated carbocycles. The van der Waals surface area contributed by atoms with Gasteiger partial charge in [-0.25, -0.2) is 0 Å². The van der Waals surface area contributed by atoms with Gasteiger partial charge >= 0.3 is 0 Å². The summed E-state index contributed by atoms with van der Waals surface area (Å²) in [6.07, 6.45) is 3.64. The largest absolute Gasteiger partial charge is 0.361 e. The number of halogens is 1. The number of hydrogen-bond acceptors (Lipinski definition) is 4. The monoisotopic (exact) mass is 460 g/mol. The maximum absolute atomic E-state index is 13.1. The number of likely N-dealkylation sites (tertiary alicyclic amines) is 1. The quantitative estimate of drug-likeness (QED) is 0.482. The van der Waals surface area contributed by atoms with E-state index in [1.165, 1.54) is 5.56 Å². The lowest BCUT2D eigenvalue weighted by Crippen LogP contribution is -2.38. The SMILES string of the molecule is CN1Cc2cc(Cl)ccc2-n2c(nnc2C2CCN(C(=O)c3ccc4cc[nH]c4c3)CC2)C1. The highest BCUT2D eigenvalue weighted by molar-refractivity contribution is 6.30. The van der Waals surface area contributed by atoms with Crippen LogP contribution in [0.15, 0.2) is 48.7 Å². The average Bonchev–Trinajstić information content (AvgIpc) is 3.42. The molecule has 1 saturated heterocycles. The maximum Gasteiger partial charge on any atom is 0.253 e. The smallest absolute Gasteiger partial charge is 0.253 e. The van der Waals surface area contributed by atoms with Gasteiger partial charge in [-0.05, 0) is 67.2 Å². The molecule has 7 nitrogen and oxygen atoms in total. The van der Waals surface area contributed by atoms with Crippen molar-refractivity contribution in [3.63, 3.8) is 0 Å². The van der Waals surface area contributed by atoms with E-state index in [1.54, 1.807) is 0 Å². The zero-order valence-corrected chi connectivity index (χ0v) is 19.2. The molecule has 8 heteroatoms. The molecular weight excluding hydrogens is 436 g/mol. The average molecular weight is 461 g/mol. The number of benzene rings is 2. The van der Waals surface area contributed by atoms with Gasteiger partial charge in [-0.3, -0.25) is 14.3 Å². The molecule has 1 amide bonds. The van der Waals surface area contributed by atoms with Gasteiger partial charge < -0.3 is 9.88 Å². The number of H-pyrrole nitrogens is 1. The Labute approximate surface area is 197 Å². The number of rotatable bonds is 2. The van der Waals surface area contributed by atoms with E-state index in [-0.39, 0.29) is 11.8 Å². The van der Waals surface area contributed by atoms with Crippen LogP contribution in [-0.2, 0) is 13.1 Å². The number of nitrogens with zero attached hydrogens (tertiary/aromatic N) is 5. The van der Waals surface area contributed by atoms with Gasteiger partial charge in [0.25, 0.3) is 5.91 Å². The molecule has 4 heterocycles. The topological polar surface area (TPSA) is 70.1 Å². The molecule has 0 spiro atoms. The fourth-order valence-electron chi connectivity index (χ4n) is 5.15. The van der Waals surface area contributed by atoms with Gasteiger partial charge in [0, 0.05) is 47.9 Å². The van der Waals surface area contributed by atoms with Crippen molar-refractivity contribution in [2.24, 2.45) is 0 Å². The predicted molar refractivity (Wildman–Crippen MR) is 128 cm³/mol. The van der Waals surface area contributed by atoms with Gasteiger partial charge in [-0.15, -0.1) is 10.2 Å². The van der Waals surface area contributed by atoms with Crippen LogP contribution in [0.2, 0.25) is 5.02 Å². The Morgan fingerprint density at radius 1 is 1.06 bits per heavy atom. The highest BCUT2D eigenvalue weighted by atomic mass is 35.5. The van der Waals surface area contributed by atoms with Gasteiger partial charge in [0.2, 0.25) is 0 Å². The fourth-order valence-corrected chi connectivity index (χ4v) is 5.35. The molecule has 168 valence electrons. The van der Waals surface area contributed by atoms with Gasteiger partial charge in [-0.1, -0.05) is 17.7 Å². The summed E-state index contributed by atoms with van der Waals surface area (Å²) >= 11 is 6.29. The summed E-state index contributed by atoms with van der Waals surface area (Å²) in [5, 5.41) is 11.0. The van der Waals surface area contributed by atoms with Gasteiger partial charge in [0.05, 0.1) is 12.2 Å². The fraction of sp³-hybridized carbons (Fsp3) is 0.320. The maximum atomic E-state index is 13.1. The second-order valence-corrected chi connectivity index (χ2v) is 9.54. The summed E-state index contributed by atoms with van der Waals surface area (Å²) in [7, 11) is 2.09. The van der Waals surface area contributed by atoms with Crippen LogP contribution in [-0.4, -0.2) is 55.6 Å². The van der Waals surface area contributed by atoms with E-state index < -0.39 is 0 Å². The first-order valence-corrected chi connectivity index (χ1v) is 11.7. The number of aromatic nitrogens is 4. The number of amides is 1. The molecule has 0 bridgehead atoms. The Morgan fingerprint density at radius 3 is 2.76 bits per heavy atom. The Kier molecular flexibility index (Phi) is 4.96. The number of piperidine rings is 1. The summed E-state index contributed by atoms with van der Waals surface area (Å²) < 4.78 is 2.22. The molecule has 33 heavy (non-hydrogen) atoms. The van der Waals surface area contributed by atoms with E-state index in [1.807, 2.05) is 47.5 Å². The molecule has 1 fully saturated rings. The van der Waals surface area contributed by atoms with Crippen LogP contribution in [0.25, 0.3) is 16.6 Å². The van der Waals surface area contributed by atoms with Gasteiger partial charge in [-0.2, -0.15) is 0 Å². The minimum atomic E-state index is 0.0895. The lowest BCUT2D eigenvalue weighted by molar-refractivity contribution is 0.0711. The van der Waals surface area contributed by atoms with Crippen molar-refractivity contribution in [2.45, 2.75) is 31.8 Å². The minimum absolute atomic E-state index is 0.0895. The third-order valence-corrected chi connectivity index (χ3v) is 7.07. The first-order valence-electron chi connectivity index (χ1n) is 11.3. The van der Waals surface area contributed by atoms with Crippen molar-refractivity contribution < 1.29 is 4.79 Å². The number of aromatic amines is 1. The second kappa shape index (κ2) is 8.01. The predicted octanol–water partition coefficient (Wildman–Crippen LogP) is 4.37. The van der Waals surface area contributed by atoms with Crippen LogP contribution in [0.5, 0.6) is 0 Å². The number of carbonyl (C=O) groups excluding carboxylic acids is 1. The van der Waals surface area contributed by atoms with Crippen molar-refractivity contribution in [1.29, 1.82) is 0 Å². The first-order chi connectivity index (χ1) is 16.1. The van der Waals surface area contributed by atoms with E-state index in [0.29, 0.717) is 13.1 Å². The van der Waals surface area contributed by atoms with Crippen LogP contribution in [0.1, 0.15) is 46.3 Å². The number of carbonyl (C=O) groups is 1. The van der Waals surface area contributed by atoms with Crippen LogP contribution >= 0.6 is 11.6 Å². The Bertz CT molecular complexity index is 1350. The summed E-state index contributed by atoms with van der Waals surface area (Å²) in [5.74, 6) is 2.29. The van der Waals surface area contributed by atoms with E-state index in [9.17, 15) is 4.79 Å². The van der Waals surface area contributed by atoms with E-state index in [2.05, 4.69) is 37.8 Å². The zero-order valence-electron chi connectivity index (χ0n) is 18.5. The van der Waals surface area contributed by atoms with Crippen molar-refractivity contribution in [2.75, 3.05) is 20.1 Å². The molecule has 2 aromatic heterocycles. The number of nitrogens with one attached hydrogen (secondary N) is 1. The molecule has 4 aromatic rings. The summed E-state index contributed by atoms with van der Waals surface area (Å²) in [5.41, 5.74) is 4.01. The molecule has 2 aliphatic heterocycles. The Balaban J connectivity index is 1.24. The van der Waals surface area contributed by atoms with Crippen molar-refractivity contribution in [3.8, 4) is 5.69 Å². The lowest BCUT2D eigenvalue weighted by Gasteiger charge is -2.32. The highest BCUT2D eigenvalue weighted by Gasteiger charge is 2.31. The normalized spacial score (nSPS) is 17.1. The number of fused-ring (bicyclic) bond motifs is 4. The van der Waals surface area contributed by atoms with E-state index in [4.69, 9.17) is 11.6 Å². The van der Waals surface area contributed by atoms with Crippen molar-refractivity contribution >= 4 is 28.4 Å². The van der Waals surface area contributed by atoms with Gasteiger partial charge in [0.15, 0.2) is 5.82 Å². The molecule has 2 aromatic carbocycles. The first kappa shape index (κ1) is 20.4. The second-order valence-electron chi connectivity index (χ2n) is 9.10. The molecule has 0 aliphatic carbocycles. The summed E-state index contributed by atoms with van der Waals surface area (Å²) in [6.45, 7) is 2.97. The Hall–Kier alpha value is -3.16. The molecule has 0 radical (unpaired) electrons. The third kappa shape index (κ3) is 3.61. The molecule has 2 aliphatic rings. The lowest BCUT2D eigenvalue weighted by atomic mass is 9.95.